The van der Waals surface area contributed by atoms with Crippen LogP contribution in [0, 0.1) is 6.92 Å². The maximum atomic E-state index is 11.2. The van der Waals surface area contributed by atoms with Crippen LogP contribution < -0.4 is 4.90 Å². The number of aryl methyl sites for hydroxylation is 1. The first-order valence-corrected chi connectivity index (χ1v) is 8.32. The third kappa shape index (κ3) is 3.07. The van der Waals surface area contributed by atoms with Crippen molar-refractivity contribution in [3.63, 3.8) is 0 Å². The zero-order valence-electron chi connectivity index (χ0n) is 12.2. The van der Waals surface area contributed by atoms with Gasteiger partial charge < -0.3 is 4.90 Å². The maximum Gasteiger partial charge on any atom is 0.186 e. The molecule has 0 aliphatic heterocycles. The smallest absolute Gasteiger partial charge is 0.186 e. The van der Waals surface area contributed by atoms with Crippen molar-refractivity contribution in [3.8, 4) is 0 Å². The number of thiazole rings is 2. The normalized spacial score (nSPS) is 12.4. The van der Waals surface area contributed by atoms with E-state index in [1.807, 2.05) is 19.5 Å². The average Bonchev–Trinajstić information content (AvgIpc) is 3.04. The molecule has 4 nitrogen and oxygen atoms in total. The highest BCUT2D eigenvalue weighted by Gasteiger charge is 2.18. The van der Waals surface area contributed by atoms with Crippen molar-refractivity contribution in [2.24, 2.45) is 0 Å². The second-order valence-electron chi connectivity index (χ2n) is 4.89. The highest BCUT2D eigenvalue weighted by Crippen LogP contribution is 2.31. The third-order valence-electron chi connectivity index (χ3n) is 3.41. The number of hydrogen-bond donors (Lipinski definition) is 0. The Balaban J connectivity index is 2.22. The number of aldehydes is 1. The molecule has 2 heterocycles. The minimum Gasteiger partial charge on any atom is -0.346 e. The van der Waals surface area contributed by atoms with Crippen LogP contribution in [0.1, 0.15) is 52.1 Å². The Morgan fingerprint density at radius 1 is 1.50 bits per heavy atom. The zero-order chi connectivity index (χ0) is 14.7. The molecule has 0 aliphatic carbocycles. The molecule has 108 valence electrons. The topological polar surface area (TPSA) is 46.1 Å². The summed E-state index contributed by atoms with van der Waals surface area (Å²) < 4.78 is 0. The van der Waals surface area contributed by atoms with Crippen molar-refractivity contribution >= 4 is 34.1 Å². The van der Waals surface area contributed by atoms with Gasteiger partial charge in [-0.1, -0.05) is 25.2 Å². The molecule has 0 radical (unpaired) electrons. The lowest BCUT2D eigenvalue weighted by atomic mass is 10.0. The molecule has 0 saturated heterocycles. The molecule has 20 heavy (non-hydrogen) atoms. The molecule has 0 bridgehead atoms. The van der Waals surface area contributed by atoms with E-state index in [9.17, 15) is 4.79 Å². The summed E-state index contributed by atoms with van der Waals surface area (Å²) in [6, 6.07) is 0. The van der Waals surface area contributed by atoms with E-state index >= 15 is 0 Å². The van der Waals surface area contributed by atoms with Crippen molar-refractivity contribution < 1.29 is 4.79 Å². The number of aromatic nitrogens is 2. The van der Waals surface area contributed by atoms with Crippen LogP contribution in [0.4, 0.5) is 5.13 Å². The number of rotatable bonds is 6. The molecule has 0 N–H and O–H groups in total. The molecule has 0 saturated carbocycles. The molecular formula is C14H19N3OS2. The summed E-state index contributed by atoms with van der Waals surface area (Å²) >= 11 is 3.12. The van der Waals surface area contributed by atoms with E-state index in [0.29, 0.717) is 5.92 Å². The second-order valence-corrected chi connectivity index (χ2v) is 6.84. The molecule has 2 rings (SSSR count). The Labute approximate surface area is 127 Å². The first kappa shape index (κ1) is 15.1. The molecule has 6 heteroatoms. The molecule has 0 aromatic carbocycles. The average molecular weight is 309 g/mol. The Kier molecular flexibility index (Phi) is 4.88. The van der Waals surface area contributed by atoms with Gasteiger partial charge in [0.25, 0.3) is 0 Å². The van der Waals surface area contributed by atoms with Gasteiger partial charge in [-0.15, -0.1) is 11.3 Å². The monoisotopic (exact) mass is 309 g/mol. The highest BCUT2D eigenvalue weighted by atomic mass is 32.1. The van der Waals surface area contributed by atoms with E-state index < -0.39 is 0 Å². The number of hydrogen-bond acceptors (Lipinski definition) is 6. The van der Waals surface area contributed by atoms with Crippen LogP contribution in [0.15, 0.2) is 5.51 Å². The van der Waals surface area contributed by atoms with Gasteiger partial charge in [0, 0.05) is 11.9 Å². The van der Waals surface area contributed by atoms with Gasteiger partial charge in [-0.2, -0.15) is 0 Å². The Morgan fingerprint density at radius 3 is 2.80 bits per heavy atom. The zero-order valence-corrected chi connectivity index (χ0v) is 13.8. The van der Waals surface area contributed by atoms with Crippen molar-refractivity contribution in [3.05, 3.63) is 26.7 Å². The minimum atomic E-state index is 0.318. The van der Waals surface area contributed by atoms with E-state index in [-0.39, 0.29) is 0 Å². The van der Waals surface area contributed by atoms with Crippen molar-refractivity contribution in [2.45, 2.75) is 39.7 Å². The first-order chi connectivity index (χ1) is 9.56. The van der Waals surface area contributed by atoms with E-state index in [1.54, 1.807) is 11.3 Å². The fraction of sp³-hybridized carbons (Fsp3) is 0.500. The summed E-state index contributed by atoms with van der Waals surface area (Å²) in [5, 5.41) is 0.898. The summed E-state index contributed by atoms with van der Waals surface area (Å²) in [7, 11) is 2.01. The molecule has 1 unspecified atom stereocenters. The fourth-order valence-electron chi connectivity index (χ4n) is 1.89. The van der Waals surface area contributed by atoms with E-state index in [2.05, 4.69) is 28.7 Å². The van der Waals surface area contributed by atoms with E-state index in [0.717, 1.165) is 40.6 Å². The fourth-order valence-corrected chi connectivity index (χ4v) is 3.68. The van der Waals surface area contributed by atoms with Gasteiger partial charge in [-0.25, -0.2) is 9.97 Å². The lowest BCUT2D eigenvalue weighted by Crippen LogP contribution is -2.16. The Bertz CT molecular complexity index is 591. The van der Waals surface area contributed by atoms with Gasteiger partial charge >= 0.3 is 0 Å². The van der Waals surface area contributed by atoms with Gasteiger partial charge in [-0.05, 0) is 19.3 Å². The van der Waals surface area contributed by atoms with Crippen LogP contribution in [0.3, 0.4) is 0 Å². The third-order valence-corrected chi connectivity index (χ3v) is 5.44. The van der Waals surface area contributed by atoms with Crippen molar-refractivity contribution in [2.75, 3.05) is 11.9 Å². The van der Waals surface area contributed by atoms with Crippen LogP contribution in [0.2, 0.25) is 0 Å². The van der Waals surface area contributed by atoms with Crippen molar-refractivity contribution in [1.82, 2.24) is 9.97 Å². The van der Waals surface area contributed by atoms with Crippen LogP contribution in [0.25, 0.3) is 0 Å². The van der Waals surface area contributed by atoms with Gasteiger partial charge in [-0.3, -0.25) is 4.79 Å². The van der Waals surface area contributed by atoms with Gasteiger partial charge in [0.1, 0.15) is 0 Å². The van der Waals surface area contributed by atoms with Crippen LogP contribution in [-0.2, 0) is 6.54 Å². The molecular weight excluding hydrogens is 290 g/mol. The highest BCUT2D eigenvalue weighted by molar-refractivity contribution is 7.17. The lowest BCUT2D eigenvalue weighted by molar-refractivity contribution is 0.112. The standard InChI is InChI=1S/C14H19N3OS2/c1-5-9(2)13-12(7-18)20-14(16-13)17(4)6-11-10(3)15-8-19-11/h7-9H,5-6H2,1-4H3. The Morgan fingerprint density at radius 2 is 2.25 bits per heavy atom. The minimum absolute atomic E-state index is 0.318. The molecule has 0 spiro atoms. The summed E-state index contributed by atoms with van der Waals surface area (Å²) in [5.74, 6) is 0.318. The second kappa shape index (κ2) is 6.45. The summed E-state index contributed by atoms with van der Waals surface area (Å²) in [4.78, 5) is 24.2. The number of nitrogens with zero attached hydrogens (tertiary/aromatic N) is 3. The first-order valence-electron chi connectivity index (χ1n) is 6.62. The van der Waals surface area contributed by atoms with Gasteiger partial charge in [0.2, 0.25) is 0 Å². The predicted molar refractivity (Wildman–Crippen MR) is 85.2 cm³/mol. The Hall–Kier alpha value is -1.27. The molecule has 2 aromatic heterocycles. The summed E-state index contributed by atoms with van der Waals surface area (Å²) in [5.41, 5.74) is 3.86. The lowest BCUT2D eigenvalue weighted by Gasteiger charge is -2.14. The molecule has 0 fully saturated rings. The quantitative estimate of drug-likeness (QED) is 0.760. The van der Waals surface area contributed by atoms with Crippen molar-refractivity contribution in [1.29, 1.82) is 0 Å². The summed E-state index contributed by atoms with van der Waals surface area (Å²) in [6.45, 7) is 7.02. The maximum absolute atomic E-state index is 11.2. The van der Waals surface area contributed by atoms with Gasteiger partial charge in [0.15, 0.2) is 11.4 Å². The molecule has 2 aromatic rings. The van der Waals surface area contributed by atoms with E-state index in [4.69, 9.17) is 0 Å². The predicted octanol–water partition coefficient (Wildman–Crippen LogP) is 3.87. The number of carbonyl (C=O) groups is 1. The van der Waals surface area contributed by atoms with Crippen LogP contribution in [0.5, 0.6) is 0 Å². The molecule has 0 amide bonds. The van der Waals surface area contributed by atoms with Crippen LogP contribution in [-0.4, -0.2) is 23.3 Å². The number of anilines is 1. The summed E-state index contributed by atoms with van der Waals surface area (Å²) in [6.07, 6.45) is 1.91. The van der Waals surface area contributed by atoms with E-state index in [1.165, 1.54) is 16.2 Å². The largest absolute Gasteiger partial charge is 0.346 e. The molecule has 1 atom stereocenters. The van der Waals surface area contributed by atoms with Gasteiger partial charge in [0.05, 0.1) is 28.3 Å². The van der Waals surface area contributed by atoms with Crippen LogP contribution >= 0.6 is 22.7 Å². The molecule has 0 aliphatic rings. The number of carbonyl (C=O) groups excluding carboxylic acids is 1. The SMILES string of the molecule is CCC(C)c1nc(N(C)Cc2scnc2C)sc1C=O.